The van der Waals surface area contributed by atoms with Crippen molar-refractivity contribution in [2.75, 3.05) is 23.7 Å². The van der Waals surface area contributed by atoms with Crippen molar-refractivity contribution < 1.29 is 18.8 Å². The van der Waals surface area contributed by atoms with Gasteiger partial charge in [0.25, 0.3) is 11.8 Å². The number of rotatable bonds is 8. The number of amides is 3. The summed E-state index contributed by atoms with van der Waals surface area (Å²) in [5.41, 5.74) is 10.5. The molecule has 0 bridgehead atoms. The predicted molar refractivity (Wildman–Crippen MR) is 106 cm³/mol. The summed E-state index contributed by atoms with van der Waals surface area (Å²) >= 11 is 0.669. The van der Waals surface area contributed by atoms with E-state index in [1.165, 1.54) is 18.2 Å². The molecule has 0 aliphatic rings. The number of hydrogen-bond acceptors (Lipinski definition) is 6. The van der Waals surface area contributed by atoms with Gasteiger partial charge in [0.2, 0.25) is 5.91 Å². The third kappa shape index (κ3) is 5.03. The molecule has 0 saturated carbocycles. The molecule has 2 aromatic rings. The molecule has 0 spiro atoms. The molecule has 1 aromatic heterocycles. The summed E-state index contributed by atoms with van der Waals surface area (Å²) < 4.78 is 18.1. The van der Waals surface area contributed by atoms with Crippen LogP contribution in [0.3, 0.4) is 0 Å². The molecule has 3 amide bonds. The Morgan fingerprint density at radius 1 is 1.29 bits per heavy atom. The van der Waals surface area contributed by atoms with Gasteiger partial charge in [0, 0.05) is 6.54 Å². The smallest absolute Gasteiger partial charge is 0.272 e. The van der Waals surface area contributed by atoms with E-state index in [2.05, 4.69) is 9.69 Å². The van der Waals surface area contributed by atoms with Crippen LogP contribution in [-0.2, 0) is 4.79 Å². The normalized spacial score (nSPS) is 10.7. The molecular formula is C18H22FN5O3S. The number of aromatic nitrogens is 1. The molecule has 2 rings (SSSR count). The summed E-state index contributed by atoms with van der Waals surface area (Å²) in [5, 5.41) is 2.71. The molecule has 150 valence electrons. The predicted octanol–water partition coefficient (Wildman–Crippen LogP) is 1.77. The monoisotopic (exact) mass is 407 g/mol. The highest BCUT2D eigenvalue weighted by Gasteiger charge is 2.28. The van der Waals surface area contributed by atoms with Crippen molar-refractivity contribution in [3.8, 4) is 0 Å². The van der Waals surface area contributed by atoms with Crippen LogP contribution in [0.2, 0.25) is 0 Å². The van der Waals surface area contributed by atoms with E-state index in [9.17, 15) is 18.8 Å². The summed E-state index contributed by atoms with van der Waals surface area (Å²) in [5.74, 6) is -2.35. The lowest BCUT2D eigenvalue weighted by Crippen LogP contribution is -2.41. The van der Waals surface area contributed by atoms with Crippen molar-refractivity contribution in [3.05, 3.63) is 40.7 Å². The van der Waals surface area contributed by atoms with Crippen LogP contribution in [0.15, 0.2) is 24.3 Å². The lowest BCUT2D eigenvalue weighted by Gasteiger charge is -2.22. The molecule has 1 heterocycles. The van der Waals surface area contributed by atoms with Gasteiger partial charge in [0.1, 0.15) is 17.2 Å². The van der Waals surface area contributed by atoms with Gasteiger partial charge in [-0.15, -0.1) is 0 Å². The Morgan fingerprint density at radius 3 is 2.54 bits per heavy atom. The lowest BCUT2D eigenvalue weighted by molar-refractivity contribution is -0.119. The molecule has 0 fully saturated rings. The van der Waals surface area contributed by atoms with Crippen LogP contribution < -0.4 is 21.7 Å². The molecule has 10 heteroatoms. The van der Waals surface area contributed by atoms with Crippen LogP contribution in [0, 0.1) is 11.7 Å². The van der Waals surface area contributed by atoms with E-state index in [-0.39, 0.29) is 21.9 Å². The number of anilines is 2. The highest BCUT2D eigenvalue weighted by molar-refractivity contribution is 7.09. The maximum atomic E-state index is 14.3. The Kier molecular flexibility index (Phi) is 7.05. The Labute approximate surface area is 165 Å². The van der Waals surface area contributed by atoms with Crippen molar-refractivity contribution in [1.29, 1.82) is 0 Å². The standard InChI is InChI=1S/C18H22FN5O3S/c1-10(2)7-8-22-13(25)9-24(12-6-4-3-5-11(12)19)18(27)16-14(20)15(17(21)26)23-28-16/h3-6,10H,7-9,20H2,1-2H3,(H2,21,26)(H,22,25). The molecule has 0 radical (unpaired) electrons. The van der Waals surface area contributed by atoms with Gasteiger partial charge in [0.05, 0.1) is 11.4 Å². The second kappa shape index (κ2) is 9.27. The van der Waals surface area contributed by atoms with E-state index in [1.807, 2.05) is 13.8 Å². The Hall–Kier alpha value is -3.01. The average molecular weight is 407 g/mol. The van der Waals surface area contributed by atoms with Crippen LogP contribution in [0.25, 0.3) is 0 Å². The van der Waals surface area contributed by atoms with Crippen LogP contribution in [-0.4, -0.2) is 35.2 Å². The maximum absolute atomic E-state index is 14.3. The quantitative estimate of drug-likeness (QED) is 0.614. The number of nitrogens with one attached hydrogen (secondary N) is 1. The fraction of sp³-hybridized carbons (Fsp3) is 0.333. The first-order chi connectivity index (χ1) is 13.2. The molecule has 28 heavy (non-hydrogen) atoms. The number of carbonyl (C=O) groups excluding carboxylic acids is 3. The highest BCUT2D eigenvalue weighted by Crippen LogP contribution is 2.27. The molecule has 0 atom stereocenters. The van der Waals surface area contributed by atoms with E-state index in [1.54, 1.807) is 6.07 Å². The minimum atomic E-state index is -0.878. The van der Waals surface area contributed by atoms with Crippen molar-refractivity contribution >= 4 is 40.6 Å². The highest BCUT2D eigenvalue weighted by atomic mass is 32.1. The van der Waals surface area contributed by atoms with Crippen molar-refractivity contribution in [2.45, 2.75) is 20.3 Å². The van der Waals surface area contributed by atoms with Gasteiger partial charge in [0.15, 0.2) is 5.69 Å². The summed E-state index contributed by atoms with van der Waals surface area (Å²) in [6, 6.07) is 5.56. The number of nitrogens with zero attached hydrogens (tertiary/aromatic N) is 2. The molecule has 5 N–H and O–H groups in total. The van der Waals surface area contributed by atoms with Gasteiger partial charge < -0.3 is 16.8 Å². The van der Waals surface area contributed by atoms with E-state index >= 15 is 0 Å². The number of benzene rings is 1. The van der Waals surface area contributed by atoms with Gasteiger partial charge in [-0.25, -0.2) is 4.39 Å². The second-order valence-corrected chi connectivity index (χ2v) is 7.29. The molecule has 0 saturated heterocycles. The average Bonchev–Trinajstić information content (AvgIpc) is 3.01. The largest absolute Gasteiger partial charge is 0.395 e. The van der Waals surface area contributed by atoms with Crippen molar-refractivity contribution in [1.82, 2.24) is 9.69 Å². The molecular weight excluding hydrogens is 385 g/mol. The molecule has 0 aliphatic carbocycles. The Morgan fingerprint density at radius 2 is 1.96 bits per heavy atom. The van der Waals surface area contributed by atoms with E-state index < -0.39 is 30.1 Å². The number of carbonyl (C=O) groups is 3. The number of para-hydroxylation sites is 1. The number of nitrogen functional groups attached to an aromatic ring is 1. The third-order valence-corrected chi connectivity index (χ3v) is 4.74. The zero-order valence-electron chi connectivity index (χ0n) is 15.6. The van der Waals surface area contributed by atoms with Gasteiger partial charge in [-0.05, 0) is 36.0 Å². The van der Waals surface area contributed by atoms with Crippen LogP contribution in [0.4, 0.5) is 15.8 Å². The summed E-state index contributed by atoms with van der Waals surface area (Å²) in [6.07, 6.45) is 0.767. The maximum Gasteiger partial charge on any atom is 0.272 e. The molecule has 8 nitrogen and oxygen atoms in total. The van der Waals surface area contributed by atoms with Gasteiger partial charge in [-0.2, -0.15) is 4.37 Å². The fourth-order valence-electron chi connectivity index (χ4n) is 2.39. The Bertz CT molecular complexity index is 884. The molecule has 0 unspecified atom stereocenters. The zero-order chi connectivity index (χ0) is 20.8. The third-order valence-electron chi connectivity index (χ3n) is 3.89. The van der Waals surface area contributed by atoms with Crippen molar-refractivity contribution in [2.24, 2.45) is 11.7 Å². The van der Waals surface area contributed by atoms with Crippen LogP contribution in [0.1, 0.15) is 40.4 Å². The minimum Gasteiger partial charge on any atom is -0.395 e. The van der Waals surface area contributed by atoms with Crippen LogP contribution >= 0.6 is 11.5 Å². The van der Waals surface area contributed by atoms with E-state index in [4.69, 9.17) is 11.5 Å². The summed E-state index contributed by atoms with van der Waals surface area (Å²) in [7, 11) is 0. The van der Waals surface area contributed by atoms with Gasteiger partial charge >= 0.3 is 0 Å². The van der Waals surface area contributed by atoms with Crippen LogP contribution in [0.5, 0.6) is 0 Å². The Balaban J connectivity index is 2.31. The number of hydrogen-bond donors (Lipinski definition) is 3. The number of primary amides is 1. The molecule has 1 aromatic carbocycles. The van der Waals surface area contributed by atoms with Crippen molar-refractivity contribution in [3.63, 3.8) is 0 Å². The van der Waals surface area contributed by atoms with Gasteiger partial charge in [-0.3, -0.25) is 19.3 Å². The van der Waals surface area contributed by atoms with E-state index in [0.717, 1.165) is 11.3 Å². The van der Waals surface area contributed by atoms with E-state index in [0.29, 0.717) is 24.0 Å². The lowest BCUT2D eigenvalue weighted by atomic mass is 10.1. The number of nitrogens with two attached hydrogens (primary N) is 2. The summed E-state index contributed by atoms with van der Waals surface area (Å²) in [4.78, 5) is 37.5. The van der Waals surface area contributed by atoms with Gasteiger partial charge in [-0.1, -0.05) is 26.0 Å². The minimum absolute atomic E-state index is 0.0834. The zero-order valence-corrected chi connectivity index (χ0v) is 16.4. The summed E-state index contributed by atoms with van der Waals surface area (Å²) in [6.45, 7) is 4.06. The number of halogens is 1. The topological polar surface area (TPSA) is 131 Å². The SMILES string of the molecule is CC(C)CCNC(=O)CN(C(=O)c1snc(C(N)=O)c1N)c1ccccc1F. The second-order valence-electron chi connectivity index (χ2n) is 6.51. The fourth-order valence-corrected chi connectivity index (χ4v) is 3.14. The molecule has 0 aliphatic heterocycles. The first-order valence-corrected chi connectivity index (χ1v) is 9.37. The first kappa shape index (κ1) is 21.3. The first-order valence-electron chi connectivity index (χ1n) is 8.60.